The van der Waals surface area contributed by atoms with Crippen LogP contribution in [0, 0.1) is 20.8 Å². The first kappa shape index (κ1) is 24.5. The summed E-state index contributed by atoms with van der Waals surface area (Å²) in [5, 5.41) is 3.99. The molecule has 0 heterocycles. The highest BCUT2D eigenvalue weighted by molar-refractivity contribution is 5.91. The number of hydrazone groups is 1. The smallest absolute Gasteiger partial charge is 0.343 e. The molecule has 7 nitrogen and oxygen atoms in total. The molecule has 0 saturated carbocycles. The predicted octanol–water partition coefficient (Wildman–Crippen LogP) is 4.76. The van der Waals surface area contributed by atoms with Crippen molar-refractivity contribution in [2.24, 2.45) is 5.10 Å². The standard InChI is InChI=1S/C27H28N2O5/c1-5-32-24-15-21(13-14-23(24)34-27(31)22-9-7-6-8-10-22)16-28-29-25(30)17-33-26-19(3)12-11-18(2)20(26)4/h6-16H,5,17H2,1-4H3,(H,29,30)/b28-16-. The Morgan fingerprint density at radius 2 is 1.65 bits per heavy atom. The van der Waals surface area contributed by atoms with Crippen molar-refractivity contribution in [2.45, 2.75) is 27.7 Å². The van der Waals surface area contributed by atoms with E-state index in [0.717, 1.165) is 16.7 Å². The largest absolute Gasteiger partial charge is 0.490 e. The van der Waals surface area contributed by atoms with Crippen LogP contribution in [0.25, 0.3) is 0 Å². The molecule has 0 aromatic heterocycles. The minimum Gasteiger partial charge on any atom is -0.490 e. The van der Waals surface area contributed by atoms with Gasteiger partial charge < -0.3 is 14.2 Å². The first-order valence-corrected chi connectivity index (χ1v) is 10.9. The molecule has 0 bridgehead atoms. The van der Waals surface area contributed by atoms with Crippen LogP contribution in [0.3, 0.4) is 0 Å². The average molecular weight is 461 g/mol. The topological polar surface area (TPSA) is 86.2 Å². The van der Waals surface area contributed by atoms with Gasteiger partial charge in [-0.2, -0.15) is 5.10 Å². The maximum absolute atomic E-state index is 12.4. The first-order chi connectivity index (χ1) is 16.4. The molecule has 0 spiro atoms. The molecule has 0 unspecified atom stereocenters. The van der Waals surface area contributed by atoms with Gasteiger partial charge >= 0.3 is 5.97 Å². The van der Waals surface area contributed by atoms with Crippen molar-refractivity contribution >= 4 is 18.1 Å². The highest BCUT2D eigenvalue weighted by Crippen LogP contribution is 2.29. The van der Waals surface area contributed by atoms with E-state index in [4.69, 9.17) is 14.2 Å². The fourth-order valence-electron chi connectivity index (χ4n) is 3.19. The Labute approximate surface area is 199 Å². The quantitative estimate of drug-likeness (QED) is 0.215. The Morgan fingerprint density at radius 1 is 0.912 bits per heavy atom. The second-order valence-corrected chi connectivity index (χ2v) is 7.63. The third-order valence-electron chi connectivity index (χ3n) is 5.10. The van der Waals surface area contributed by atoms with Gasteiger partial charge in [0, 0.05) is 0 Å². The van der Waals surface area contributed by atoms with Crippen LogP contribution in [-0.2, 0) is 4.79 Å². The molecule has 0 aliphatic carbocycles. The van der Waals surface area contributed by atoms with E-state index in [9.17, 15) is 9.59 Å². The molecule has 0 atom stereocenters. The minimum absolute atomic E-state index is 0.152. The predicted molar refractivity (Wildman–Crippen MR) is 131 cm³/mol. The first-order valence-electron chi connectivity index (χ1n) is 10.9. The summed E-state index contributed by atoms with van der Waals surface area (Å²) in [6.45, 7) is 7.97. The Bertz CT molecular complexity index is 1190. The van der Waals surface area contributed by atoms with Gasteiger partial charge in [-0.1, -0.05) is 30.3 Å². The molecule has 3 aromatic carbocycles. The molecule has 3 rings (SSSR count). The zero-order valence-corrected chi connectivity index (χ0v) is 19.8. The monoisotopic (exact) mass is 460 g/mol. The van der Waals surface area contributed by atoms with Crippen molar-refractivity contribution in [1.29, 1.82) is 0 Å². The van der Waals surface area contributed by atoms with Crippen molar-refractivity contribution in [3.05, 3.63) is 88.5 Å². The molecular formula is C27H28N2O5. The third kappa shape index (κ3) is 6.45. The molecule has 34 heavy (non-hydrogen) atoms. The second kappa shape index (κ2) is 11.7. The number of nitrogens with one attached hydrogen (secondary N) is 1. The number of hydrogen-bond acceptors (Lipinski definition) is 6. The van der Waals surface area contributed by atoms with E-state index in [1.54, 1.807) is 42.5 Å². The number of carbonyl (C=O) groups is 2. The summed E-state index contributed by atoms with van der Waals surface area (Å²) in [6.07, 6.45) is 1.48. The molecule has 0 radical (unpaired) electrons. The highest BCUT2D eigenvalue weighted by Gasteiger charge is 2.13. The van der Waals surface area contributed by atoms with Gasteiger partial charge in [-0.15, -0.1) is 0 Å². The summed E-state index contributed by atoms with van der Waals surface area (Å²) in [5.74, 6) is 0.551. The van der Waals surface area contributed by atoms with Crippen LogP contribution in [-0.4, -0.2) is 31.3 Å². The molecule has 7 heteroatoms. The van der Waals surface area contributed by atoms with Gasteiger partial charge in [0.2, 0.25) is 0 Å². The van der Waals surface area contributed by atoms with Crippen molar-refractivity contribution in [3.63, 3.8) is 0 Å². The van der Waals surface area contributed by atoms with Gasteiger partial charge in [0.1, 0.15) is 5.75 Å². The number of nitrogens with zero attached hydrogens (tertiary/aromatic N) is 1. The summed E-state index contributed by atoms with van der Waals surface area (Å²) in [4.78, 5) is 24.5. The van der Waals surface area contributed by atoms with Crippen LogP contribution in [0.1, 0.15) is 39.5 Å². The van der Waals surface area contributed by atoms with Gasteiger partial charge in [-0.05, 0) is 80.3 Å². The SMILES string of the molecule is CCOc1cc(/C=N\NC(=O)COc2c(C)ccc(C)c2C)ccc1OC(=O)c1ccccc1. The highest BCUT2D eigenvalue weighted by atomic mass is 16.6. The lowest BCUT2D eigenvalue weighted by atomic mass is 10.1. The van der Waals surface area contributed by atoms with E-state index in [1.165, 1.54) is 6.21 Å². The molecule has 1 amide bonds. The number of amides is 1. The van der Waals surface area contributed by atoms with Gasteiger partial charge in [0.25, 0.3) is 5.91 Å². The molecule has 0 aliphatic heterocycles. The zero-order chi connectivity index (χ0) is 24.5. The van der Waals surface area contributed by atoms with Crippen LogP contribution >= 0.6 is 0 Å². The van der Waals surface area contributed by atoms with Gasteiger partial charge in [-0.25, -0.2) is 10.2 Å². The Hall–Kier alpha value is -4.13. The zero-order valence-electron chi connectivity index (χ0n) is 19.8. The Kier molecular flexibility index (Phi) is 8.40. The molecule has 0 aliphatic rings. The van der Waals surface area contributed by atoms with Gasteiger partial charge in [-0.3, -0.25) is 4.79 Å². The summed E-state index contributed by atoms with van der Waals surface area (Å²) < 4.78 is 16.8. The number of aryl methyl sites for hydroxylation is 2. The lowest BCUT2D eigenvalue weighted by Crippen LogP contribution is -2.25. The van der Waals surface area contributed by atoms with Crippen molar-refractivity contribution < 1.29 is 23.8 Å². The van der Waals surface area contributed by atoms with E-state index in [2.05, 4.69) is 10.5 Å². The maximum Gasteiger partial charge on any atom is 0.343 e. The number of benzene rings is 3. The summed E-state index contributed by atoms with van der Waals surface area (Å²) >= 11 is 0. The number of esters is 1. The Balaban J connectivity index is 1.61. The fraction of sp³-hybridized carbons (Fsp3) is 0.222. The molecule has 0 fully saturated rings. The molecule has 176 valence electrons. The van der Waals surface area contributed by atoms with E-state index < -0.39 is 5.97 Å². The minimum atomic E-state index is -0.477. The van der Waals surface area contributed by atoms with Crippen LogP contribution in [0.4, 0.5) is 0 Å². The van der Waals surface area contributed by atoms with Crippen LogP contribution in [0.5, 0.6) is 17.2 Å². The average Bonchev–Trinajstić information content (AvgIpc) is 2.83. The molecule has 3 aromatic rings. The number of ether oxygens (including phenoxy) is 3. The van der Waals surface area contributed by atoms with E-state index in [1.807, 2.05) is 45.9 Å². The van der Waals surface area contributed by atoms with Crippen molar-refractivity contribution in [1.82, 2.24) is 5.43 Å². The van der Waals surface area contributed by atoms with Crippen LogP contribution in [0.15, 0.2) is 65.8 Å². The Morgan fingerprint density at radius 3 is 2.38 bits per heavy atom. The normalized spacial score (nSPS) is 10.7. The molecule has 0 saturated heterocycles. The van der Waals surface area contributed by atoms with E-state index >= 15 is 0 Å². The lowest BCUT2D eigenvalue weighted by Gasteiger charge is -2.13. The van der Waals surface area contributed by atoms with Crippen LogP contribution < -0.4 is 19.6 Å². The van der Waals surface area contributed by atoms with Gasteiger partial charge in [0.15, 0.2) is 18.1 Å². The van der Waals surface area contributed by atoms with Crippen LogP contribution in [0.2, 0.25) is 0 Å². The summed E-state index contributed by atoms with van der Waals surface area (Å²) in [6, 6.07) is 17.7. The lowest BCUT2D eigenvalue weighted by molar-refractivity contribution is -0.123. The number of rotatable bonds is 9. The maximum atomic E-state index is 12.4. The summed E-state index contributed by atoms with van der Waals surface area (Å²) in [5.41, 5.74) is 6.63. The number of hydrogen-bond donors (Lipinski definition) is 1. The van der Waals surface area contributed by atoms with Gasteiger partial charge in [0.05, 0.1) is 18.4 Å². The third-order valence-corrected chi connectivity index (χ3v) is 5.10. The van der Waals surface area contributed by atoms with Crippen molar-refractivity contribution in [3.8, 4) is 17.2 Å². The number of carbonyl (C=O) groups excluding carboxylic acids is 2. The second-order valence-electron chi connectivity index (χ2n) is 7.63. The fourth-order valence-corrected chi connectivity index (χ4v) is 3.19. The van der Waals surface area contributed by atoms with E-state index in [0.29, 0.717) is 35.0 Å². The van der Waals surface area contributed by atoms with E-state index in [-0.39, 0.29) is 12.5 Å². The van der Waals surface area contributed by atoms with Crippen molar-refractivity contribution in [2.75, 3.05) is 13.2 Å². The summed E-state index contributed by atoms with van der Waals surface area (Å²) in [7, 11) is 0. The molecular weight excluding hydrogens is 432 g/mol. The molecule has 1 N–H and O–H groups in total.